The van der Waals surface area contributed by atoms with Crippen molar-refractivity contribution in [2.75, 3.05) is 0 Å². The number of amides is 1. The molecule has 0 saturated heterocycles. The molecule has 104 valence electrons. The fourth-order valence-corrected chi connectivity index (χ4v) is 4.17. The molecule has 2 aliphatic carbocycles. The molecule has 2 fully saturated rings. The second kappa shape index (κ2) is 5.84. The Morgan fingerprint density at radius 1 is 1.16 bits per heavy atom. The van der Waals surface area contributed by atoms with E-state index in [0.29, 0.717) is 16.3 Å². The van der Waals surface area contributed by atoms with Crippen LogP contribution < -0.4 is 5.32 Å². The molecule has 0 aliphatic heterocycles. The standard InChI is InChI=1S/C15H20ClNOS/c16-13-9-8-12(19-13)15(18)17-14(11-6-7-11)10-4-2-1-3-5-10/h8-11,14H,1-7H2,(H,17,18)/t14-/m0/s1. The average molecular weight is 298 g/mol. The van der Waals surface area contributed by atoms with Crippen molar-refractivity contribution in [2.45, 2.75) is 51.0 Å². The molecule has 1 atom stereocenters. The lowest BCUT2D eigenvalue weighted by atomic mass is 9.82. The van der Waals surface area contributed by atoms with Gasteiger partial charge < -0.3 is 5.32 Å². The first kappa shape index (κ1) is 13.4. The van der Waals surface area contributed by atoms with Crippen LogP contribution in [0.4, 0.5) is 0 Å². The highest BCUT2D eigenvalue weighted by Crippen LogP contribution is 2.40. The molecule has 2 nitrogen and oxygen atoms in total. The van der Waals surface area contributed by atoms with E-state index < -0.39 is 0 Å². The van der Waals surface area contributed by atoms with E-state index in [1.165, 1.54) is 56.3 Å². The summed E-state index contributed by atoms with van der Waals surface area (Å²) in [5.41, 5.74) is 0. The van der Waals surface area contributed by atoms with Gasteiger partial charge in [0.15, 0.2) is 0 Å². The van der Waals surface area contributed by atoms with E-state index in [0.717, 1.165) is 10.8 Å². The number of thiophene rings is 1. The highest BCUT2D eigenvalue weighted by atomic mass is 35.5. The fourth-order valence-electron chi connectivity index (χ4n) is 3.23. The summed E-state index contributed by atoms with van der Waals surface area (Å²) in [4.78, 5) is 13.0. The zero-order valence-electron chi connectivity index (χ0n) is 11.0. The van der Waals surface area contributed by atoms with Crippen molar-refractivity contribution in [3.8, 4) is 0 Å². The summed E-state index contributed by atoms with van der Waals surface area (Å²) in [5.74, 6) is 1.49. The van der Waals surface area contributed by atoms with Crippen molar-refractivity contribution in [3.05, 3.63) is 21.3 Å². The summed E-state index contributed by atoms with van der Waals surface area (Å²) < 4.78 is 0.686. The molecule has 19 heavy (non-hydrogen) atoms. The Morgan fingerprint density at radius 3 is 2.42 bits per heavy atom. The predicted octanol–water partition coefficient (Wildman–Crippen LogP) is 4.49. The van der Waals surface area contributed by atoms with Gasteiger partial charge in [-0.05, 0) is 49.7 Å². The molecule has 0 aromatic carbocycles. The number of hydrogen-bond acceptors (Lipinski definition) is 2. The lowest BCUT2D eigenvalue weighted by Crippen LogP contribution is -2.42. The lowest BCUT2D eigenvalue weighted by Gasteiger charge is -2.31. The van der Waals surface area contributed by atoms with Crippen molar-refractivity contribution < 1.29 is 4.79 Å². The topological polar surface area (TPSA) is 29.1 Å². The molecule has 1 aromatic heterocycles. The van der Waals surface area contributed by atoms with Gasteiger partial charge in [0.2, 0.25) is 0 Å². The molecule has 0 bridgehead atoms. The van der Waals surface area contributed by atoms with Gasteiger partial charge in [0, 0.05) is 6.04 Å². The quantitative estimate of drug-likeness (QED) is 0.871. The Labute approximate surface area is 123 Å². The van der Waals surface area contributed by atoms with E-state index in [2.05, 4.69) is 5.32 Å². The Balaban J connectivity index is 1.65. The van der Waals surface area contributed by atoms with Gasteiger partial charge in [-0.25, -0.2) is 0 Å². The van der Waals surface area contributed by atoms with Crippen LogP contribution in [0.15, 0.2) is 12.1 Å². The van der Waals surface area contributed by atoms with Gasteiger partial charge in [0.05, 0.1) is 9.21 Å². The summed E-state index contributed by atoms with van der Waals surface area (Å²) in [5, 5.41) is 3.29. The first-order valence-electron chi connectivity index (χ1n) is 7.30. The van der Waals surface area contributed by atoms with Gasteiger partial charge in [-0.2, -0.15) is 0 Å². The second-order valence-corrected chi connectivity index (χ2v) is 7.55. The van der Waals surface area contributed by atoms with E-state index in [9.17, 15) is 4.79 Å². The molecule has 0 radical (unpaired) electrons. The predicted molar refractivity (Wildman–Crippen MR) is 79.9 cm³/mol. The van der Waals surface area contributed by atoms with Crippen LogP contribution in [0.25, 0.3) is 0 Å². The zero-order chi connectivity index (χ0) is 13.2. The van der Waals surface area contributed by atoms with Crippen LogP contribution in [-0.2, 0) is 0 Å². The van der Waals surface area contributed by atoms with Crippen molar-refractivity contribution in [2.24, 2.45) is 11.8 Å². The van der Waals surface area contributed by atoms with Crippen molar-refractivity contribution in [1.29, 1.82) is 0 Å². The number of halogens is 1. The highest BCUT2D eigenvalue weighted by Gasteiger charge is 2.38. The monoisotopic (exact) mass is 297 g/mol. The molecule has 2 saturated carbocycles. The molecule has 4 heteroatoms. The van der Waals surface area contributed by atoms with Gasteiger partial charge in [-0.15, -0.1) is 11.3 Å². The maximum Gasteiger partial charge on any atom is 0.261 e. The number of carbonyl (C=O) groups is 1. The fraction of sp³-hybridized carbons (Fsp3) is 0.667. The Bertz CT molecular complexity index is 449. The van der Waals surface area contributed by atoms with Gasteiger partial charge in [-0.1, -0.05) is 30.9 Å². The Hall–Kier alpha value is -0.540. The third-order valence-corrected chi connectivity index (χ3v) is 5.61. The van der Waals surface area contributed by atoms with E-state index in [1.807, 2.05) is 6.07 Å². The van der Waals surface area contributed by atoms with Crippen molar-refractivity contribution >= 4 is 28.8 Å². The average Bonchev–Trinajstić information content (AvgIpc) is 3.18. The summed E-state index contributed by atoms with van der Waals surface area (Å²) in [6.45, 7) is 0. The van der Waals surface area contributed by atoms with E-state index in [1.54, 1.807) is 6.07 Å². The summed E-state index contributed by atoms with van der Waals surface area (Å²) in [6.07, 6.45) is 9.16. The molecule has 3 rings (SSSR count). The van der Waals surface area contributed by atoms with Crippen LogP contribution in [0.2, 0.25) is 4.34 Å². The van der Waals surface area contributed by atoms with Crippen molar-refractivity contribution in [1.82, 2.24) is 5.32 Å². The van der Waals surface area contributed by atoms with Crippen LogP contribution in [0.1, 0.15) is 54.6 Å². The first-order valence-corrected chi connectivity index (χ1v) is 8.49. The maximum absolute atomic E-state index is 12.3. The van der Waals surface area contributed by atoms with Crippen LogP contribution in [0.3, 0.4) is 0 Å². The number of carbonyl (C=O) groups excluding carboxylic acids is 1. The number of rotatable bonds is 4. The summed E-state index contributed by atoms with van der Waals surface area (Å²) in [7, 11) is 0. The Morgan fingerprint density at radius 2 is 1.84 bits per heavy atom. The molecular weight excluding hydrogens is 278 g/mol. The molecule has 1 amide bonds. The zero-order valence-corrected chi connectivity index (χ0v) is 12.6. The van der Waals surface area contributed by atoms with E-state index in [4.69, 9.17) is 11.6 Å². The van der Waals surface area contributed by atoms with Gasteiger partial charge in [0.25, 0.3) is 5.91 Å². The highest BCUT2D eigenvalue weighted by molar-refractivity contribution is 7.17. The summed E-state index contributed by atoms with van der Waals surface area (Å²) in [6, 6.07) is 4.02. The van der Waals surface area contributed by atoms with E-state index >= 15 is 0 Å². The molecule has 1 aromatic rings. The minimum atomic E-state index is 0.0689. The lowest BCUT2D eigenvalue weighted by molar-refractivity contribution is 0.0907. The van der Waals surface area contributed by atoms with Gasteiger partial charge in [-0.3, -0.25) is 4.79 Å². The third-order valence-electron chi connectivity index (χ3n) is 4.38. The molecule has 0 spiro atoms. The minimum absolute atomic E-state index is 0.0689. The van der Waals surface area contributed by atoms with Crippen LogP contribution in [0.5, 0.6) is 0 Å². The normalized spacial score (nSPS) is 22.2. The Kier molecular flexibility index (Phi) is 4.13. The van der Waals surface area contributed by atoms with Crippen LogP contribution in [-0.4, -0.2) is 11.9 Å². The third kappa shape index (κ3) is 3.32. The SMILES string of the molecule is O=C(N[C@@H](C1CCCCC1)C1CC1)c1ccc(Cl)s1. The molecule has 1 heterocycles. The van der Waals surface area contributed by atoms with Crippen LogP contribution >= 0.6 is 22.9 Å². The van der Waals surface area contributed by atoms with Crippen molar-refractivity contribution in [3.63, 3.8) is 0 Å². The number of hydrogen-bond donors (Lipinski definition) is 1. The van der Waals surface area contributed by atoms with E-state index in [-0.39, 0.29) is 5.91 Å². The summed E-state index contributed by atoms with van der Waals surface area (Å²) >= 11 is 7.27. The number of nitrogens with one attached hydrogen (secondary N) is 1. The van der Waals surface area contributed by atoms with Gasteiger partial charge in [0.1, 0.15) is 0 Å². The minimum Gasteiger partial charge on any atom is -0.348 e. The first-order chi connectivity index (χ1) is 9.24. The smallest absolute Gasteiger partial charge is 0.261 e. The molecular formula is C15H20ClNOS. The van der Waals surface area contributed by atoms with Crippen LogP contribution in [0, 0.1) is 11.8 Å². The molecule has 0 unspecified atom stereocenters. The molecule has 1 N–H and O–H groups in total. The second-order valence-electron chi connectivity index (χ2n) is 5.84. The molecule has 2 aliphatic rings. The largest absolute Gasteiger partial charge is 0.348 e. The maximum atomic E-state index is 12.3. The van der Waals surface area contributed by atoms with Gasteiger partial charge >= 0.3 is 0 Å².